The molecule has 4 rings (SSSR count). The Kier molecular flexibility index (Phi) is 4.19. The van der Waals surface area contributed by atoms with E-state index in [1.807, 2.05) is 12.1 Å². The molecule has 5 heteroatoms. The van der Waals surface area contributed by atoms with Crippen LogP contribution in [-0.4, -0.2) is 38.8 Å². The van der Waals surface area contributed by atoms with Gasteiger partial charge in [0.15, 0.2) is 0 Å². The molecule has 0 aromatic heterocycles. The second kappa shape index (κ2) is 6.63. The molecule has 1 fully saturated rings. The number of ether oxygens (including phenoxy) is 1. The predicted molar refractivity (Wildman–Crippen MR) is 94.3 cm³/mol. The van der Waals surface area contributed by atoms with Crippen molar-refractivity contribution in [2.45, 2.75) is 6.04 Å². The molecule has 2 aromatic rings. The van der Waals surface area contributed by atoms with Crippen LogP contribution in [0.15, 0.2) is 42.5 Å². The molecule has 5 nitrogen and oxygen atoms in total. The fourth-order valence-corrected chi connectivity index (χ4v) is 3.22. The minimum Gasteiger partial charge on any atom is -0.383 e. The number of benzene rings is 2. The summed E-state index contributed by atoms with van der Waals surface area (Å²) in [5.41, 5.74) is 5.09. The molecule has 2 aliphatic rings. The lowest BCUT2D eigenvalue weighted by Crippen LogP contribution is -2.34. The third kappa shape index (κ3) is 3.00. The van der Waals surface area contributed by atoms with Crippen molar-refractivity contribution in [1.82, 2.24) is 10.6 Å². The number of anilines is 1. The number of carbonyl (C=O) groups excluding carboxylic acids is 1. The zero-order valence-corrected chi connectivity index (χ0v) is 13.5. The van der Waals surface area contributed by atoms with E-state index >= 15 is 0 Å². The van der Waals surface area contributed by atoms with Crippen LogP contribution in [0, 0.1) is 0 Å². The summed E-state index contributed by atoms with van der Waals surface area (Å²) in [6, 6.07) is 14.8. The monoisotopic (exact) mass is 323 g/mol. The lowest BCUT2D eigenvalue weighted by molar-refractivity contribution is 0.0769. The normalized spacial score (nSPS) is 20.5. The molecule has 2 heterocycles. The van der Waals surface area contributed by atoms with E-state index in [0.29, 0.717) is 12.1 Å². The van der Waals surface area contributed by atoms with Gasteiger partial charge in [-0.25, -0.2) is 0 Å². The first-order valence-electron chi connectivity index (χ1n) is 8.39. The van der Waals surface area contributed by atoms with Crippen LogP contribution < -0.4 is 16.0 Å². The number of carbonyl (C=O) groups is 1. The van der Waals surface area contributed by atoms with E-state index in [4.69, 9.17) is 4.74 Å². The van der Waals surface area contributed by atoms with E-state index in [2.05, 4.69) is 46.3 Å². The Bertz CT molecular complexity index is 737. The second-order valence-corrected chi connectivity index (χ2v) is 6.15. The molecule has 1 amide bonds. The summed E-state index contributed by atoms with van der Waals surface area (Å²) < 4.78 is 5.53. The van der Waals surface area contributed by atoms with Gasteiger partial charge in [0, 0.05) is 25.3 Å². The van der Waals surface area contributed by atoms with Gasteiger partial charge in [-0.15, -0.1) is 0 Å². The van der Waals surface area contributed by atoms with Crippen molar-refractivity contribution in [3.8, 4) is 11.1 Å². The zero-order valence-electron chi connectivity index (χ0n) is 13.5. The first-order valence-corrected chi connectivity index (χ1v) is 8.39. The minimum absolute atomic E-state index is 0.0136. The summed E-state index contributed by atoms with van der Waals surface area (Å²) in [6.07, 6.45) is 0. The molecule has 24 heavy (non-hydrogen) atoms. The largest absolute Gasteiger partial charge is 0.383 e. The molecule has 0 aliphatic carbocycles. The summed E-state index contributed by atoms with van der Waals surface area (Å²) in [4.78, 5) is 12.0. The highest BCUT2D eigenvalue weighted by molar-refractivity contribution is 6.01. The number of fused-ring (bicyclic) bond motifs is 1. The zero-order chi connectivity index (χ0) is 16.4. The van der Waals surface area contributed by atoms with Crippen molar-refractivity contribution in [3.05, 3.63) is 53.6 Å². The molecule has 1 unspecified atom stereocenters. The van der Waals surface area contributed by atoms with E-state index in [-0.39, 0.29) is 11.9 Å². The second-order valence-electron chi connectivity index (χ2n) is 6.15. The van der Waals surface area contributed by atoms with Crippen molar-refractivity contribution in [2.75, 3.05) is 38.2 Å². The van der Waals surface area contributed by atoms with Gasteiger partial charge in [-0.05, 0) is 28.8 Å². The average molecular weight is 323 g/mol. The smallest absolute Gasteiger partial charge is 0.253 e. The van der Waals surface area contributed by atoms with Crippen LogP contribution in [0.2, 0.25) is 0 Å². The highest BCUT2D eigenvalue weighted by Crippen LogP contribution is 2.28. The summed E-state index contributed by atoms with van der Waals surface area (Å²) >= 11 is 0. The number of nitrogens with one attached hydrogen (secondary N) is 3. The van der Waals surface area contributed by atoms with Crippen LogP contribution >= 0.6 is 0 Å². The van der Waals surface area contributed by atoms with Gasteiger partial charge in [-0.1, -0.05) is 30.3 Å². The van der Waals surface area contributed by atoms with Gasteiger partial charge >= 0.3 is 0 Å². The Hall–Kier alpha value is -2.37. The minimum atomic E-state index is -0.0136. The van der Waals surface area contributed by atoms with Crippen molar-refractivity contribution < 1.29 is 9.53 Å². The summed E-state index contributed by atoms with van der Waals surface area (Å²) in [5.74, 6) is -0.0136. The highest BCUT2D eigenvalue weighted by atomic mass is 16.5. The lowest BCUT2D eigenvalue weighted by Gasteiger charge is -2.24. The Labute approximate surface area is 141 Å². The lowest BCUT2D eigenvalue weighted by atomic mass is 9.99. The van der Waals surface area contributed by atoms with Gasteiger partial charge in [0.25, 0.3) is 5.91 Å². The molecule has 0 radical (unpaired) electrons. The van der Waals surface area contributed by atoms with Crippen LogP contribution in [0.1, 0.15) is 22.0 Å². The predicted octanol–water partition coefficient (Wildman–Crippen LogP) is 2.17. The molecule has 1 saturated heterocycles. The van der Waals surface area contributed by atoms with Crippen molar-refractivity contribution in [3.63, 3.8) is 0 Å². The third-order valence-corrected chi connectivity index (χ3v) is 4.56. The first kappa shape index (κ1) is 15.2. The van der Waals surface area contributed by atoms with Gasteiger partial charge in [-0.3, -0.25) is 4.79 Å². The summed E-state index contributed by atoms with van der Waals surface area (Å²) in [7, 11) is 0. The molecule has 0 saturated carbocycles. The molecule has 3 N–H and O–H groups in total. The SMILES string of the molecule is O=C1NCCNc2cc(-c3ccc(C4COCCN4)cc3)ccc21. The maximum atomic E-state index is 12.0. The molecule has 124 valence electrons. The average Bonchev–Trinajstić information content (AvgIpc) is 2.84. The van der Waals surface area contributed by atoms with Crippen molar-refractivity contribution >= 4 is 11.6 Å². The first-order chi connectivity index (χ1) is 11.8. The standard InChI is InChI=1S/C19H21N3O2/c23-19-16-6-5-15(11-17(16)20-7-8-22-19)13-1-3-14(4-2-13)18-12-24-10-9-21-18/h1-6,11,18,20-21H,7-10,12H2,(H,22,23). The fourth-order valence-electron chi connectivity index (χ4n) is 3.22. The Morgan fingerprint density at radius 1 is 0.917 bits per heavy atom. The van der Waals surface area contributed by atoms with E-state index in [1.165, 1.54) is 5.56 Å². The molecule has 0 spiro atoms. The van der Waals surface area contributed by atoms with Gasteiger partial charge in [0.2, 0.25) is 0 Å². The van der Waals surface area contributed by atoms with Crippen LogP contribution in [0.25, 0.3) is 11.1 Å². The van der Waals surface area contributed by atoms with Gasteiger partial charge < -0.3 is 20.7 Å². The van der Waals surface area contributed by atoms with E-state index in [0.717, 1.165) is 43.1 Å². The summed E-state index contributed by atoms with van der Waals surface area (Å²) in [6.45, 7) is 3.79. The van der Waals surface area contributed by atoms with Crippen LogP contribution in [0.4, 0.5) is 5.69 Å². The van der Waals surface area contributed by atoms with Crippen LogP contribution in [0.3, 0.4) is 0 Å². The Balaban J connectivity index is 1.59. The fraction of sp³-hybridized carbons (Fsp3) is 0.316. The maximum Gasteiger partial charge on any atom is 0.253 e. The van der Waals surface area contributed by atoms with Crippen LogP contribution in [0.5, 0.6) is 0 Å². The van der Waals surface area contributed by atoms with Gasteiger partial charge in [0.1, 0.15) is 0 Å². The van der Waals surface area contributed by atoms with Crippen molar-refractivity contribution in [2.24, 2.45) is 0 Å². The Morgan fingerprint density at radius 3 is 2.50 bits per heavy atom. The highest BCUT2D eigenvalue weighted by Gasteiger charge is 2.17. The molecule has 2 aliphatic heterocycles. The number of amides is 1. The number of hydrogen-bond acceptors (Lipinski definition) is 4. The summed E-state index contributed by atoms with van der Waals surface area (Å²) in [5, 5.41) is 9.67. The third-order valence-electron chi connectivity index (χ3n) is 4.56. The number of hydrogen-bond donors (Lipinski definition) is 3. The maximum absolute atomic E-state index is 12.0. The molecule has 0 bridgehead atoms. The molecular formula is C19H21N3O2. The van der Waals surface area contributed by atoms with Crippen LogP contribution in [-0.2, 0) is 4.74 Å². The number of rotatable bonds is 2. The van der Waals surface area contributed by atoms with Gasteiger partial charge in [0.05, 0.1) is 24.8 Å². The van der Waals surface area contributed by atoms with E-state index in [1.54, 1.807) is 0 Å². The molecule has 2 aromatic carbocycles. The molecule has 1 atom stereocenters. The topological polar surface area (TPSA) is 62.4 Å². The number of morpholine rings is 1. The van der Waals surface area contributed by atoms with E-state index < -0.39 is 0 Å². The Morgan fingerprint density at radius 2 is 1.71 bits per heavy atom. The molecular weight excluding hydrogens is 302 g/mol. The van der Waals surface area contributed by atoms with Gasteiger partial charge in [-0.2, -0.15) is 0 Å². The van der Waals surface area contributed by atoms with E-state index in [9.17, 15) is 4.79 Å². The van der Waals surface area contributed by atoms with Crippen molar-refractivity contribution in [1.29, 1.82) is 0 Å². The quantitative estimate of drug-likeness (QED) is 0.793.